The van der Waals surface area contributed by atoms with Crippen molar-refractivity contribution in [2.75, 3.05) is 26.7 Å². The fraction of sp³-hybridized carbons (Fsp3) is 0.800. The first-order valence-corrected chi connectivity index (χ1v) is 5.25. The zero-order valence-electron chi connectivity index (χ0n) is 9.47. The van der Waals surface area contributed by atoms with E-state index >= 15 is 0 Å². The minimum absolute atomic E-state index is 0.0340. The Morgan fingerprint density at radius 2 is 2.00 bits per heavy atom. The highest BCUT2D eigenvalue weighted by Gasteiger charge is 2.01. The van der Waals surface area contributed by atoms with Gasteiger partial charge < -0.3 is 15.4 Å². The zero-order valence-corrected chi connectivity index (χ0v) is 9.47. The zero-order chi connectivity index (χ0) is 11.5. The highest BCUT2D eigenvalue weighted by Crippen LogP contribution is 1.89. The molecule has 5 nitrogen and oxygen atoms in total. The molecular formula is C10H20N2O3. The monoisotopic (exact) mass is 216 g/mol. The third-order valence-corrected chi connectivity index (χ3v) is 1.82. The van der Waals surface area contributed by atoms with Crippen LogP contribution in [0.2, 0.25) is 0 Å². The van der Waals surface area contributed by atoms with Crippen molar-refractivity contribution in [3.05, 3.63) is 0 Å². The van der Waals surface area contributed by atoms with Gasteiger partial charge in [-0.2, -0.15) is 0 Å². The summed E-state index contributed by atoms with van der Waals surface area (Å²) in [6.45, 7) is 3.74. The number of ether oxygens (including phenoxy) is 1. The molecule has 0 spiro atoms. The lowest BCUT2D eigenvalue weighted by Gasteiger charge is -2.05. The van der Waals surface area contributed by atoms with Crippen molar-refractivity contribution < 1.29 is 14.3 Å². The third kappa shape index (κ3) is 9.21. The maximum atomic E-state index is 11.1. The van der Waals surface area contributed by atoms with Gasteiger partial charge in [0.2, 0.25) is 5.91 Å². The number of hydrogen-bond acceptors (Lipinski definition) is 4. The Morgan fingerprint density at radius 1 is 1.27 bits per heavy atom. The molecular weight excluding hydrogens is 196 g/mol. The first-order chi connectivity index (χ1) is 7.20. The van der Waals surface area contributed by atoms with Gasteiger partial charge in [0, 0.05) is 13.0 Å². The Kier molecular flexibility index (Phi) is 8.76. The molecule has 0 saturated heterocycles. The largest absolute Gasteiger partial charge is 0.469 e. The summed E-state index contributed by atoms with van der Waals surface area (Å²) in [6.07, 6.45) is 1.97. The Labute approximate surface area is 90.6 Å². The molecule has 0 aromatic rings. The van der Waals surface area contributed by atoms with Gasteiger partial charge in [-0.25, -0.2) is 0 Å². The summed E-state index contributed by atoms with van der Waals surface area (Å²) < 4.78 is 4.47. The summed E-state index contributed by atoms with van der Waals surface area (Å²) in [5, 5.41) is 5.70. The molecule has 88 valence electrons. The number of carbonyl (C=O) groups excluding carboxylic acids is 2. The van der Waals surface area contributed by atoms with Crippen LogP contribution < -0.4 is 10.6 Å². The van der Waals surface area contributed by atoms with Gasteiger partial charge >= 0.3 is 5.97 Å². The van der Waals surface area contributed by atoms with E-state index in [4.69, 9.17) is 0 Å². The van der Waals surface area contributed by atoms with Crippen LogP contribution >= 0.6 is 0 Å². The summed E-state index contributed by atoms with van der Waals surface area (Å²) in [5.74, 6) is -0.276. The van der Waals surface area contributed by atoms with Gasteiger partial charge in [-0.15, -0.1) is 0 Å². The highest BCUT2D eigenvalue weighted by atomic mass is 16.5. The average Bonchev–Trinajstić information content (AvgIpc) is 2.24. The lowest BCUT2D eigenvalue weighted by atomic mass is 10.3. The number of rotatable bonds is 8. The Hall–Kier alpha value is -1.10. The molecule has 0 atom stereocenters. The van der Waals surface area contributed by atoms with Gasteiger partial charge in [0.15, 0.2) is 0 Å². The number of amides is 1. The second-order valence-corrected chi connectivity index (χ2v) is 3.21. The molecule has 1 amide bonds. The van der Waals surface area contributed by atoms with Crippen LogP contribution in [0.3, 0.4) is 0 Å². The third-order valence-electron chi connectivity index (χ3n) is 1.82. The SMILES string of the molecule is CCCNCC(=O)NCCCC(=O)OC. The molecule has 0 saturated carbocycles. The molecule has 2 N–H and O–H groups in total. The van der Waals surface area contributed by atoms with Crippen molar-refractivity contribution in [2.45, 2.75) is 26.2 Å². The molecule has 0 rings (SSSR count). The first-order valence-electron chi connectivity index (χ1n) is 5.25. The van der Waals surface area contributed by atoms with Crippen LogP contribution in [0.4, 0.5) is 0 Å². The van der Waals surface area contributed by atoms with Crippen LogP contribution in [0, 0.1) is 0 Å². The van der Waals surface area contributed by atoms with Crippen molar-refractivity contribution in [2.24, 2.45) is 0 Å². The molecule has 5 heteroatoms. The molecule has 0 aliphatic rings. The Bertz CT molecular complexity index is 195. The van der Waals surface area contributed by atoms with E-state index < -0.39 is 0 Å². The molecule has 15 heavy (non-hydrogen) atoms. The predicted molar refractivity (Wildman–Crippen MR) is 57.4 cm³/mol. The summed E-state index contributed by atoms with van der Waals surface area (Å²) in [4.78, 5) is 21.9. The summed E-state index contributed by atoms with van der Waals surface area (Å²) in [7, 11) is 1.36. The summed E-state index contributed by atoms with van der Waals surface area (Å²) in [6, 6.07) is 0. The topological polar surface area (TPSA) is 67.4 Å². The van der Waals surface area contributed by atoms with Gasteiger partial charge in [-0.3, -0.25) is 9.59 Å². The van der Waals surface area contributed by atoms with Crippen LogP contribution in [0.1, 0.15) is 26.2 Å². The number of carbonyl (C=O) groups is 2. The smallest absolute Gasteiger partial charge is 0.305 e. The van der Waals surface area contributed by atoms with E-state index in [1.54, 1.807) is 0 Å². The fourth-order valence-corrected chi connectivity index (χ4v) is 1.00. The summed E-state index contributed by atoms with van der Waals surface area (Å²) >= 11 is 0. The van der Waals surface area contributed by atoms with E-state index in [9.17, 15) is 9.59 Å². The van der Waals surface area contributed by atoms with Crippen molar-refractivity contribution in [3.63, 3.8) is 0 Å². The normalized spacial score (nSPS) is 9.73. The lowest BCUT2D eigenvalue weighted by Crippen LogP contribution is -2.34. The Balaban J connectivity index is 3.27. The lowest BCUT2D eigenvalue weighted by molar-refractivity contribution is -0.140. The van der Waals surface area contributed by atoms with E-state index in [1.807, 2.05) is 6.92 Å². The van der Waals surface area contributed by atoms with Crippen LogP contribution in [0.25, 0.3) is 0 Å². The minimum Gasteiger partial charge on any atom is -0.469 e. The van der Waals surface area contributed by atoms with Crippen molar-refractivity contribution in [1.29, 1.82) is 0 Å². The second kappa shape index (κ2) is 9.45. The van der Waals surface area contributed by atoms with Crippen molar-refractivity contribution in [3.8, 4) is 0 Å². The van der Waals surface area contributed by atoms with Crippen LogP contribution in [-0.2, 0) is 14.3 Å². The van der Waals surface area contributed by atoms with Gasteiger partial charge in [0.25, 0.3) is 0 Å². The maximum Gasteiger partial charge on any atom is 0.305 e. The fourth-order valence-electron chi connectivity index (χ4n) is 1.00. The molecule has 0 aromatic heterocycles. The highest BCUT2D eigenvalue weighted by molar-refractivity contribution is 5.78. The van der Waals surface area contributed by atoms with Gasteiger partial charge in [-0.1, -0.05) is 6.92 Å². The van der Waals surface area contributed by atoms with Gasteiger partial charge in [0.05, 0.1) is 13.7 Å². The number of esters is 1. The number of methoxy groups -OCH3 is 1. The molecule has 0 unspecified atom stereocenters. The van der Waals surface area contributed by atoms with Gasteiger partial charge in [-0.05, 0) is 19.4 Å². The quantitative estimate of drug-likeness (QED) is 0.444. The molecule has 0 aliphatic carbocycles. The molecule has 0 bridgehead atoms. The van der Waals surface area contributed by atoms with Crippen molar-refractivity contribution >= 4 is 11.9 Å². The first kappa shape index (κ1) is 13.9. The maximum absolute atomic E-state index is 11.1. The van der Waals surface area contributed by atoms with E-state index in [1.165, 1.54) is 7.11 Å². The second-order valence-electron chi connectivity index (χ2n) is 3.21. The van der Waals surface area contributed by atoms with Crippen LogP contribution in [-0.4, -0.2) is 38.6 Å². The molecule has 0 aliphatic heterocycles. The van der Waals surface area contributed by atoms with Crippen molar-refractivity contribution in [1.82, 2.24) is 10.6 Å². The Morgan fingerprint density at radius 3 is 2.60 bits per heavy atom. The van der Waals surface area contributed by atoms with E-state index in [0.29, 0.717) is 25.9 Å². The van der Waals surface area contributed by atoms with Crippen LogP contribution in [0.15, 0.2) is 0 Å². The predicted octanol–water partition coefficient (Wildman–Crippen LogP) is 0.0554. The molecule has 0 heterocycles. The van der Waals surface area contributed by atoms with Crippen LogP contribution in [0.5, 0.6) is 0 Å². The van der Waals surface area contributed by atoms with E-state index in [0.717, 1.165) is 13.0 Å². The molecule has 0 aromatic carbocycles. The van der Waals surface area contributed by atoms with E-state index in [-0.39, 0.29) is 11.9 Å². The van der Waals surface area contributed by atoms with E-state index in [2.05, 4.69) is 15.4 Å². The molecule has 0 radical (unpaired) electrons. The minimum atomic E-state index is -0.242. The average molecular weight is 216 g/mol. The molecule has 0 fully saturated rings. The number of hydrogen-bond donors (Lipinski definition) is 2. The number of nitrogens with one attached hydrogen (secondary N) is 2. The standard InChI is InChI=1S/C10H20N2O3/c1-3-6-11-8-9(13)12-7-4-5-10(14)15-2/h11H,3-8H2,1-2H3,(H,12,13). The summed E-state index contributed by atoms with van der Waals surface area (Å²) in [5.41, 5.74) is 0. The van der Waals surface area contributed by atoms with Gasteiger partial charge in [0.1, 0.15) is 0 Å².